The van der Waals surface area contributed by atoms with Gasteiger partial charge >= 0.3 is 5.97 Å². The molecule has 1 rings (SSSR count). The van der Waals surface area contributed by atoms with Crippen LogP contribution in [-0.4, -0.2) is 24.2 Å². The number of alkyl halides is 1. The van der Waals surface area contributed by atoms with E-state index in [1.807, 2.05) is 0 Å². The third-order valence-corrected chi connectivity index (χ3v) is 2.19. The Balaban J connectivity index is 2.32. The van der Waals surface area contributed by atoms with Gasteiger partial charge < -0.3 is 4.74 Å². The van der Waals surface area contributed by atoms with Gasteiger partial charge in [0, 0.05) is 5.92 Å². The van der Waals surface area contributed by atoms with E-state index in [0.29, 0.717) is 13.0 Å². The third-order valence-electron chi connectivity index (χ3n) is 1.93. The van der Waals surface area contributed by atoms with Gasteiger partial charge in [0.25, 0.3) is 0 Å². The van der Waals surface area contributed by atoms with Crippen molar-refractivity contribution in [3.8, 4) is 0 Å². The number of ketones is 1. The molecule has 0 bridgehead atoms. The molecule has 1 aliphatic rings. The molecule has 0 aromatic rings. The second-order valence-corrected chi connectivity index (χ2v) is 3.07. The van der Waals surface area contributed by atoms with Crippen LogP contribution in [0.15, 0.2) is 0 Å². The van der Waals surface area contributed by atoms with Crippen molar-refractivity contribution in [1.29, 1.82) is 0 Å². The maximum absolute atomic E-state index is 11.0. The predicted molar refractivity (Wildman–Crippen MR) is 44.0 cm³/mol. The summed E-state index contributed by atoms with van der Waals surface area (Å²) in [6.45, 7) is 2.12. The van der Waals surface area contributed by atoms with E-state index in [9.17, 15) is 9.59 Å². The van der Waals surface area contributed by atoms with Crippen molar-refractivity contribution in [2.75, 3.05) is 12.5 Å². The lowest BCUT2D eigenvalue weighted by molar-refractivity contribution is -0.145. The Kier molecular flexibility index (Phi) is 3.09. The Labute approximate surface area is 76.0 Å². The number of carbonyl (C=O) groups excluding carboxylic acids is 2. The monoisotopic (exact) mass is 190 g/mol. The van der Waals surface area contributed by atoms with Gasteiger partial charge in [0.2, 0.25) is 0 Å². The third kappa shape index (κ3) is 1.97. The minimum atomic E-state index is -0.263. The van der Waals surface area contributed by atoms with Crippen LogP contribution in [0.4, 0.5) is 0 Å². The zero-order valence-electron chi connectivity index (χ0n) is 6.88. The van der Waals surface area contributed by atoms with Gasteiger partial charge in [-0.1, -0.05) is 0 Å². The van der Waals surface area contributed by atoms with Crippen LogP contribution < -0.4 is 0 Å². The van der Waals surface area contributed by atoms with Crippen LogP contribution in [0.1, 0.15) is 13.3 Å². The van der Waals surface area contributed by atoms with Crippen molar-refractivity contribution < 1.29 is 14.3 Å². The molecule has 1 saturated carbocycles. The van der Waals surface area contributed by atoms with Crippen LogP contribution in [0.3, 0.4) is 0 Å². The molecule has 2 unspecified atom stereocenters. The zero-order valence-corrected chi connectivity index (χ0v) is 7.63. The number of rotatable bonds is 4. The Morgan fingerprint density at radius 1 is 1.50 bits per heavy atom. The van der Waals surface area contributed by atoms with Crippen molar-refractivity contribution in [3.05, 3.63) is 0 Å². The fourth-order valence-corrected chi connectivity index (χ4v) is 1.36. The Hall–Kier alpha value is -0.570. The summed E-state index contributed by atoms with van der Waals surface area (Å²) in [6.07, 6.45) is 0.615. The van der Waals surface area contributed by atoms with Gasteiger partial charge in [-0.2, -0.15) is 0 Å². The molecule has 0 aliphatic heterocycles. The number of hydrogen-bond donors (Lipinski definition) is 0. The molecule has 1 aliphatic carbocycles. The van der Waals surface area contributed by atoms with Gasteiger partial charge in [-0.15, -0.1) is 11.6 Å². The molecule has 2 atom stereocenters. The van der Waals surface area contributed by atoms with E-state index < -0.39 is 0 Å². The van der Waals surface area contributed by atoms with Crippen LogP contribution in [0, 0.1) is 11.8 Å². The van der Waals surface area contributed by atoms with Crippen molar-refractivity contribution in [2.24, 2.45) is 11.8 Å². The predicted octanol–water partition coefficient (Wildman–Crippen LogP) is 0.994. The maximum Gasteiger partial charge on any atom is 0.309 e. The van der Waals surface area contributed by atoms with Crippen LogP contribution >= 0.6 is 11.6 Å². The molecule has 0 amide bonds. The molecule has 0 aromatic heterocycles. The maximum atomic E-state index is 11.0. The lowest BCUT2D eigenvalue weighted by Crippen LogP contribution is -2.12. The molecule has 0 aromatic carbocycles. The molecule has 0 saturated heterocycles. The van der Waals surface area contributed by atoms with Gasteiger partial charge in [0.1, 0.15) is 0 Å². The molecule has 68 valence electrons. The number of halogens is 1. The molecule has 12 heavy (non-hydrogen) atoms. The number of esters is 1. The summed E-state index contributed by atoms with van der Waals surface area (Å²) in [5.41, 5.74) is 0. The Bertz CT molecular complexity index is 202. The molecule has 4 heteroatoms. The molecule has 0 radical (unpaired) electrons. The van der Waals surface area contributed by atoms with Gasteiger partial charge in [-0.05, 0) is 13.3 Å². The van der Waals surface area contributed by atoms with E-state index in [1.54, 1.807) is 6.92 Å². The first-order valence-electron chi connectivity index (χ1n) is 3.96. The van der Waals surface area contributed by atoms with Crippen molar-refractivity contribution >= 4 is 23.4 Å². The second kappa shape index (κ2) is 3.90. The molecule has 0 spiro atoms. The lowest BCUT2D eigenvalue weighted by atomic mass is 10.2. The average Bonchev–Trinajstić information content (AvgIpc) is 2.82. The van der Waals surface area contributed by atoms with Crippen LogP contribution in [0.5, 0.6) is 0 Å². The quantitative estimate of drug-likeness (QED) is 0.491. The van der Waals surface area contributed by atoms with E-state index in [0.717, 1.165) is 0 Å². The topological polar surface area (TPSA) is 43.4 Å². The normalized spacial score (nSPS) is 26.5. The van der Waals surface area contributed by atoms with E-state index in [2.05, 4.69) is 0 Å². The molecular formula is C8H11ClO3. The minimum absolute atomic E-state index is 0.000567. The second-order valence-electron chi connectivity index (χ2n) is 2.80. The first-order valence-corrected chi connectivity index (χ1v) is 4.49. The van der Waals surface area contributed by atoms with Gasteiger partial charge in [0.05, 0.1) is 18.4 Å². The van der Waals surface area contributed by atoms with Crippen molar-refractivity contribution in [3.63, 3.8) is 0 Å². The number of hydrogen-bond acceptors (Lipinski definition) is 3. The SMILES string of the molecule is CCOC(=O)C1CC1C(=O)CCl. The minimum Gasteiger partial charge on any atom is -0.466 e. The van der Waals surface area contributed by atoms with E-state index in [4.69, 9.17) is 16.3 Å². The number of Topliss-reactive ketones (excluding diaryl/α,β-unsaturated/α-hetero) is 1. The number of ether oxygens (including phenoxy) is 1. The largest absolute Gasteiger partial charge is 0.466 e. The smallest absolute Gasteiger partial charge is 0.309 e. The summed E-state index contributed by atoms with van der Waals surface area (Å²) in [6, 6.07) is 0. The molecule has 0 N–H and O–H groups in total. The van der Waals surface area contributed by atoms with E-state index in [-0.39, 0.29) is 29.5 Å². The summed E-state index contributed by atoms with van der Waals surface area (Å²) in [7, 11) is 0. The summed E-state index contributed by atoms with van der Waals surface area (Å²) in [5.74, 6) is -0.686. The molecule has 3 nitrogen and oxygen atoms in total. The lowest BCUT2D eigenvalue weighted by Gasteiger charge is -1.98. The van der Waals surface area contributed by atoms with Gasteiger partial charge in [-0.25, -0.2) is 0 Å². The van der Waals surface area contributed by atoms with Crippen LogP contribution in [-0.2, 0) is 14.3 Å². The molecule has 1 fully saturated rings. The van der Waals surface area contributed by atoms with Crippen molar-refractivity contribution in [1.82, 2.24) is 0 Å². The number of carbonyl (C=O) groups is 2. The Morgan fingerprint density at radius 3 is 2.67 bits per heavy atom. The van der Waals surface area contributed by atoms with E-state index >= 15 is 0 Å². The highest BCUT2D eigenvalue weighted by atomic mass is 35.5. The van der Waals surface area contributed by atoms with Crippen molar-refractivity contribution in [2.45, 2.75) is 13.3 Å². The van der Waals surface area contributed by atoms with Gasteiger partial charge in [-0.3, -0.25) is 9.59 Å². The standard InChI is InChI=1S/C8H11ClO3/c1-2-12-8(11)6-3-5(6)7(10)4-9/h5-6H,2-4H2,1H3. The first-order chi connectivity index (χ1) is 5.70. The highest BCUT2D eigenvalue weighted by Crippen LogP contribution is 2.40. The van der Waals surface area contributed by atoms with Gasteiger partial charge in [0.15, 0.2) is 5.78 Å². The first kappa shape index (κ1) is 9.52. The zero-order chi connectivity index (χ0) is 9.14. The molecular weight excluding hydrogens is 180 g/mol. The molecule has 0 heterocycles. The average molecular weight is 191 g/mol. The fourth-order valence-electron chi connectivity index (χ4n) is 1.16. The van der Waals surface area contributed by atoms with Crippen LogP contribution in [0.2, 0.25) is 0 Å². The summed E-state index contributed by atoms with van der Waals surface area (Å²) in [4.78, 5) is 22.0. The highest BCUT2D eigenvalue weighted by molar-refractivity contribution is 6.28. The van der Waals surface area contributed by atoms with E-state index in [1.165, 1.54) is 0 Å². The highest BCUT2D eigenvalue weighted by Gasteiger charge is 2.48. The van der Waals surface area contributed by atoms with Crippen LogP contribution in [0.25, 0.3) is 0 Å². The summed E-state index contributed by atoms with van der Waals surface area (Å²) >= 11 is 5.33. The summed E-state index contributed by atoms with van der Waals surface area (Å²) in [5, 5.41) is 0. The summed E-state index contributed by atoms with van der Waals surface area (Å²) < 4.78 is 4.76. The Morgan fingerprint density at radius 2 is 2.17 bits per heavy atom. The fraction of sp³-hybridized carbons (Fsp3) is 0.750.